The molecule has 0 unspecified atom stereocenters. The van der Waals surface area contributed by atoms with E-state index >= 15 is 0 Å². The van der Waals surface area contributed by atoms with E-state index in [0.29, 0.717) is 6.54 Å². The van der Waals surface area contributed by atoms with Gasteiger partial charge in [-0.2, -0.15) is 4.31 Å². The largest absolute Gasteiger partial charge is 0.244 e. The predicted molar refractivity (Wildman–Crippen MR) is 95.9 cm³/mol. The molecule has 0 aliphatic rings. The predicted octanol–water partition coefficient (Wildman–Crippen LogP) is 3.60. The van der Waals surface area contributed by atoms with Crippen molar-refractivity contribution in [2.75, 3.05) is 13.1 Å². The highest BCUT2D eigenvalue weighted by molar-refractivity contribution is 7.89. The first-order chi connectivity index (χ1) is 10.3. The van der Waals surface area contributed by atoms with Crippen LogP contribution in [0.4, 0.5) is 0 Å². The summed E-state index contributed by atoms with van der Waals surface area (Å²) < 4.78 is 26.4. The van der Waals surface area contributed by atoms with E-state index in [2.05, 4.69) is 31.6 Å². The van der Waals surface area contributed by atoms with Gasteiger partial charge < -0.3 is 0 Å². The van der Waals surface area contributed by atoms with Crippen LogP contribution in [0.5, 0.6) is 0 Å². The van der Waals surface area contributed by atoms with Crippen LogP contribution in [0, 0.1) is 12.3 Å². The van der Waals surface area contributed by atoms with Gasteiger partial charge in [-0.3, -0.25) is 0 Å². The highest BCUT2D eigenvalue weighted by Crippen LogP contribution is 2.15. The number of nitrogens with zero attached hydrogens (tertiary/aromatic N) is 1. The second-order valence-electron chi connectivity index (χ2n) is 6.39. The lowest BCUT2D eigenvalue weighted by atomic mass is 10.4. The number of rotatable bonds is 8. The van der Waals surface area contributed by atoms with E-state index < -0.39 is 18.1 Å². The Kier molecular flexibility index (Phi) is 7.07. The fraction of sp³-hybridized carbons (Fsp3) is 0.412. The number of terminal acetylenes is 1. The Bertz CT molecular complexity index is 625. The second-order valence-corrected chi connectivity index (χ2v) is 13.9. The van der Waals surface area contributed by atoms with Crippen molar-refractivity contribution in [1.29, 1.82) is 0 Å². The van der Waals surface area contributed by atoms with Crippen LogP contribution in [0.1, 0.15) is 6.42 Å². The fourth-order valence-electron chi connectivity index (χ4n) is 1.92. The summed E-state index contributed by atoms with van der Waals surface area (Å²) in [6, 6.07) is 9.60. The van der Waals surface area contributed by atoms with Crippen LogP contribution in [0.15, 0.2) is 47.4 Å². The van der Waals surface area contributed by atoms with Gasteiger partial charge >= 0.3 is 0 Å². The molecule has 120 valence electrons. The average molecular weight is 336 g/mol. The Morgan fingerprint density at radius 3 is 2.36 bits per heavy atom. The van der Waals surface area contributed by atoms with Crippen molar-refractivity contribution in [3.05, 3.63) is 42.5 Å². The average Bonchev–Trinajstić information content (AvgIpc) is 2.45. The standard InChI is InChI=1S/C17H25NO2SSi/c1-5-14-18(15-10-7-11-16-22(2,3)4)21(19,20)17-12-8-6-9-13-17/h1,6-10,12-13H,11,14-16H2,2-4H3/b10-7+. The Morgan fingerprint density at radius 2 is 1.82 bits per heavy atom. The minimum atomic E-state index is -3.53. The van der Waals surface area contributed by atoms with Crippen LogP contribution in [-0.4, -0.2) is 33.9 Å². The van der Waals surface area contributed by atoms with Crippen LogP contribution in [0.25, 0.3) is 0 Å². The maximum atomic E-state index is 12.5. The number of benzene rings is 1. The highest BCUT2D eigenvalue weighted by atomic mass is 32.2. The van der Waals surface area contributed by atoms with Crippen LogP contribution in [0.2, 0.25) is 25.7 Å². The summed E-state index contributed by atoms with van der Waals surface area (Å²) in [6.45, 7) is 7.37. The molecule has 0 N–H and O–H groups in total. The van der Waals surface area contributed by atoms with Crippen molar-refractivity contribution >= 4 is 18.1 Å². The third kappa shape index (κ3) is 6.18. The lowest BCUT2D eigenvalue weighted by molar-refractivity contribution is 0.478. The van der Waals surface area contributed by atoms with Crippen LogP contribution in [-0.2, 0) is 10.0 Å². The highest BCUT2D eigenvalue weighted by Gasteiger charge is 2.22. The van der Waals surface area contributed by atoms with E-state index in [1.807, 2.05) is 6.08 Å². The molecule has 0 aromatic heterocycles. The summed E-state index contributed by atoms with van der Waals surface area (Å²) >= 11 is 0. The van der Waals surface area contributed by atoms with E-state index in [1.54, 1.807) is 30.3 Å². The smallest absolute Gasteiger partial charge is 0.207 e. The molecule has 1 rings (SSSR count). The Balaban J connectivity index is 2.74. The maximum absolute atomic E-state index is 12.5. The zero-order valence-electron chi connectivity index (χ0n) is 13.6. The Labute approximate surface area is 136 Å². The summed E-state index contributed by atoms with van der Waals surface area (Å²) in [5, 5.41) is 0. The lowest BCUT2D eigenvalue weighted by Crippen LogP contribution is -2.31. The van der Waals surface area contributed by atoms with Gasteiger partial charge in [0.15, 0.2) is 0 Å². The second kappa shape index (κ2) is 8.32. The molecular weight excluding hydrogens is 310 g/mol. The monoisotopic (exact) mass is 335 g/mol. The number of allylic oxidation sites excluding steroid dienone is 1. The molecule has 3 nitrogen and oxygen atoms in total. The Hall–Kier alpha value is -1.35. The van der Waals surface area contributed by atoms with Crippen molar-refractivity contribution in [2.45, 2.75) is 37.0 Å². The molecule has 22 heavy (non-hydrogen) atoms. The molecule has 0 saturated carbocycles. The molecule has 0 heterocycles. The van der Waals surface area contributed by atoms with Crippen molar-refractivity contribution in [3.8, 4) is 12.3 Å². The van der Waals surface area contributed by atoms with Gasteiger partial charge in [0, 0.05) is 14.6 Å². The van der Waals surface area contributed by atoms with Gasteiger partial charge in [-0.1, -0.05) is 62.0 Å². The minimum Gasteiger partial charge on any atom is -0.207 e. The van der Waals surface area contributed by atoms with E-state index in [1.165, 1.54) is 10.3 Å². The molecule has 0 spiro atoms. The first-order valence-electron chi connectivity index (χ1n) is 7.41. The molecule has 5 heteroatoms. The minimum absolute atomic E-state index is 0.0790. The Morgan fingerprint density at radius 1 is 1.18 bits per heavy atom. The fourth-order valence-corrected chi connectivity index (χ4v) is 4.28. The number of sulfonamides is 1. The van der Waals surface area contributed by atoms with Gasteiger partial charge in [-0.15, -0.1) is 6.42 Å². The summed E-state index contributed by atoms with van der Waals surface area (Å²) in [6.07, 6.45) is 10.3. The van der Waals surface area contributed by atoms with Gasteiger partial charge in [0.1, 0.15) is 0 Å². The molecule has 0 saturated heterocycles. The first-order valence-corrected chi connectivity index (χ1v) is 12.6. The first kappa shape index (κ1) is 18.7. The van der Waals surface area contributed by atoms with Crippen LogP contribution in [0.3, 0.4) is 0 Å². The topological polar surface area (TPSA) is 37.4 Å². The van der Waals surface area contributed by atoms with Gasteiger partial charge in [0.2, 0.25) is 10.0 Å². The van der Waals surface area contributed by atoms with Crippen molar-refractivity contribution < 1.29 is 8.42 Å². The summed E-state index contributed by atoms with van der Waals surface area (Å²) in [5.74, 6) is 2.43. The summed E-state index contributed by atoms with van der Waals surface area (Å²) in [7, 11) is -4.58. The molecule has 0 aliphatic carbocycles. The van der Waals surface area contributed by atoms with Crippen molar-refractivity contribution in [1.82, 2.24) is 4.31 Å². The molecule has 0 aliphatic heterocycles. The van der Waals surface area contributed by atoms with Gasteiger partial charge in [-0.25, -0.2) is 8.42 Å². The van der Waals surface area contributed by atoms with E-state index in [-0.39, 0.29) is 11.4 Å². The van der Waals surface area contributed by atoms with Gasteiger partial charge in [0.05, 0.1) is 11.4 Å². The molecular formula is C17H25NO2SSi. The van der Waals surface area contributed by atoms with Crippen molar-refractivity contribution in [3.63, 3.8) is 0 Å². The SMILES string of the molecule is C#CCN(C/C=C/CC[Si](C)(C)C)S(=O)(=O)c1ccccc1. The molecule has 0 radical (unpaired) electrons. The van der Waals surface area contributed by atoms with Crippen LogP contribution < -0.4 is 0 Å². The zero-order chi connectivity index (χ0) is 16.6. The normalized spacial score (nSPS) is 12.7. The van der Waals surface area contributed by atoms with Crippen LogP contribution >= 0.6 is 0 Å². The molecule has 1 aromatic rings. The molecule has 0 fully saturated rings. The number of hydrogen-bond acceptors (Lipinski definition) is 2. The van der Waals surface area contributed by atoms with E-state index in [9.17, 15) is 8.42 Å². The van der Waals surface area contributed by atoms with Gasteiger partial charge in [-0.05, 0) is 18.6 Å². The maximum Gasteiger partial charge on any atom is 0.244 e. The quantitative estimate of drug-likeness (QED) is 0.413. The molecule has 1 aromatic carbocycles. The van der Waals surface area contributed by atoms with E-state index in [0.717, 1.165) is 6.42 Å². The lowest BCUT2D eigenvalue weighted by Gasteiger charge is -2.18. The third-order valence-electron chi connectivity index (χ3n) is 3.19. The summed E-state index contributed by atoms with van der Waals surface area (Å²) in [5.41, 5.74) is 0. The molecule has 0 amide bonds. The number of hydrogen-bond donors (Lipinski definition) is 0. The molecule has 0 bridgehead atoms. The molecule has 0 atom stereocenters. The van der Waals surface area contributed by atoms with E-state index in [4.69, 9.17) is 6.42 Å². The van der Waals surface area contributed by atoms with Crippen molar-refractivity contribution in [2.24, 2.45) is 0 Å². The summed E-state index contributed by atoms with van der Waals surface area (Å²) in [4.78, 5) is 0.278. The zero-order valence-corrected chi connectivity index (χ0v) is 15.4. The third-order valence-corrected chi connectivity index (χ3v) is 6.80. The van der Waals surface area contributed by atoms with Gasteiger partial charge in [0.25, 0.3) is 0 Å².